The van der Waals surface area contributed by atoms with Crippen molar-refractivity contribution in [2.24, 2.45) is 0 Å². The van der Waals surface area contributed by atoms with Crippen molar-refractivity contribution in [1.29, 1.82) is 0 Å². The van der Waals surface area contributed by atoms with E-state index in [0.29, 0.717) is 5.56 Å². The van der Waals surface area contributed by atoms with Crippen molar-refractivity contribution in [3.8, 4) is 0 Å². The second-order valence-corrected chi connectivity index (χ2v) is 4.47. The highest BCUT2D eigenvalue weighted by molar-refractivity contribution is 7.80. The highest BCUT2D eigenvalue weighted by atomic mass is 32.1. The maximum absolute atomic E-state index is 12.6. The molecule has 74 valence electrons. The summed E-state index contributed by atoms with van der Waals surface area (Å²) in [5.74, 6) is 0. The Morgan fingerprint density at radius 1 is 1.36 bits per heavy atom. The average Bonchev–Trinajstić information content (AvgIpc) is 2.48. The third-order valence-electron chi connectivity index (χ3n) is 2.26. The monoisotopic (exact) mass is 230 g/mol. The number of thiol groups is 1. The van der Waals surface area contributed by atoms with Gasteiger partial charge in [-0.05, 0) is 18.6 Å². The number of hydrogen-bond donors (Lipinski definition) is 1. The van der Waals surface area contributed by atoms with E-state index in [0.717, 1.165) is 15.0 Å². The molecule has 1 aromatic carbocycles. The van der Waals surface area contributed by atoms with Crippen molar-refractivity contribution in [2.45, 2.75) is 18.2 Å². The lowest BCUT2D eigenvalue weighted by atomic mass is 10.1. The molecule has 0 N–H and O–H groups in total. The third-order valence-corrected chi connectivity index (χ3v) is 3.73. The normalized spacial score (nSPS) is 11.5. The minimum atomic E-state index is -2.41. The zero-order chi connectivity index (χ0) is 10.3. The van der Waals surface area contributed by atoms with Crippen molar-refractivity contribution in [3.05, 3.63) is 28.6 Å². The number of hydrogen-bond acceptors (Lipinski definition) is 2. The largest absolute Gasteiger partial charge is 0.264 e. The van der Waals surface area contributed by atoms with E-state index in [1.165, 1.54) is 17.4 Å². The van der Waals surface area contributed by atoms with Crippen molar-refractivity contribution < 1.29 is 8.78 Å². The second-order valence-electron chi connectivity index (χ2n) is 3.07. The molecule has 0 aliphatic rings. The van der Waals surface area contributed by atoms with E-state index in [9.17, 15) is 8.78 Å². The molecule has 14 heavy (non-hydrogen) atoms. The summed E-state index contributed by atoms with van der Waals surface area (Å²) in [6.07, 6.45) is -2.41. The van der Waals surface area contributed by atoms with E-state index >= 15 is 0 Å². The summed E-state index contributed by atoms with van der Waals surface area (Å²) in [5.41, 5.74) is 0.745. The van der Waals surface area contributed by atoms with Gasteiger partial charge in [-0.15, -0.1) is 24.0 Å². The Hall–Kier alpha value is -0.610. The molecular weight excluding hydrogens is 222 g/mol. The molecule has 0 spiro atoms. The van der Waals surface area contributed by atoms with E-state index in [1.54, 1.807) is 13.0 Å². The molecule has 0 saturated heterocycles. The number of rotatable bonds is 1. The number of aryl methyl sites for hydroxylation is 1. The van der Waals surface area contributed by atoms with Crippen LogP contribution >= 0.6 is 24.0 Å². The number of benzene rings is 1. The van der Waals surface area contributed by atoms with Crippen molar-refractivity contribution in [2.75, 3.05) is 0 Å². The zero-order valence-electron chi connectivity index (χ0n) is 7.42. The number of alkyl halides is 2. The maximum atomic E-state index is 12.6. The molecule has 1 heterocycles. The van der Waals surface area contributed by atoms with Gasteiger partial charge in [-0.3, -0.25) is 0 Å². The molecule has 0 atom stereocenters. The number of fused-ring (bicyclic) bond motifs is 1. The summed E-state index contributed by atoms with van der Waals surface area (Å²) in [6.45, 7) is 1.72. The van der Waals surface area contributed by atoms with Crippen LogP contribution in [0.15, 0.2) is 22.4 Å². The first-order valence-electron chi connectivity index (χ1n) is 4.09. The van der Waals surface area contributed by atoms with Crippen molar-refractivity contribution in [1.82, 2.24) is 0 Å². The van der Waals surface area contributed by atoms with E-state index in [1.807, 2.05) is 5.38 Å². The molecular formula is C10H8F2S2. The Labute approximate surface area is 90.0 Å². The van der Waals surface area contributed by atoms with Gasteiger partial charge in [-0.25, -0.2) is 8.78 Å². The van der Waals surface area contributed by atoms with Crippen LogP contribution in [-0.4, -0.2) is 0 Å². The van der Waals surface area contributed by atoms with Crippen LogP contribution in [-0.2, 0) is 0 Å². The molecule has 2 rings (SSSR count). The lowest BCUT2D eigenvalue weighted by molar-refractivity contribution is 0.151. The summed E-state index contributed by atoms with van der Waals surface area (Å²) in [7, 11) is 0. The van der Waals surface area contributed by atoms with Gasteiger partial charge in [-0.1, -0.05) is 6.07 Å². The first kappa shape index (κ1) is 9.93. The van der Waals surface area contributed by atoms with Crippen LogP contribution in [0.25, 0.3) is 10.1 Å². The minimum absolute atomic E-state index is 0.103. The molecule has 0 nitrogen and oxygen atoms in total. The standard InChI is InChI=1S/C10H8F2S2/c1-5-6(10(11)12)2-3-8-9(5)7(13)4-14-8/h2-4,10,13H,1H3. The SMILES string of the molecule is Cc1c(C(F)F)ccc2scc(S)c12. The smallest absolute Gasteiger partial charge is 0.205 e. The lowest BCUT2D eigenvalue weighted by Crippen LogP contribution is -1.89. The molecule has 0 bridgehead atoms. The van der Waals surface area contributed by atoms with E-state index in [2.05, 4.69) is 12.6 Å². The van der Waals surface area contributed by atoms with E-state index in [4.69, 9.17) is 0 Å². The predicted molar refractivity (Wildman–Crippen MR) is 58.8 cm³/mol. The van der Waals surface area contributed by atoms with Crippen LogP contribution in [0.1, 0.15) is 17.6 Å². The van der Waals surface area contributed by atoms with E-state index < -0.39 is 6.43 Å². The molecule has 1 aromatic heterocycles. The molecule has 4 heteroatoms. The van der Waals surface area contributed by atoms with Gasteiger partial charge in [0, 0.05) is 25.9 Å². The zero-order valence-corrected chi connectivity index (χ0v) is 9.13. The highest BCUT2D eigenvalue weighted by Gasteiger charge is 2.14. The lowest BCUT2D eigenvalue weighted by Gasteiger charge is -2.05. The Bertz CT molecular complexity index is 474. The second kappa shape index (κ2) is 3.51. The predicted octanol–water partition coefficient (Wildman–Crippen LogP) is 4.44. The van der Waals surface area contributed by atoms with Crippen LogP contribution in [0, 0.1) is 6.92 Å². The van der Waals surface area contributed by atoms with Crippen LogP contribution in [0.3, 0.4) is 0 Å². The fraction of sp³-hybridized carbons (Fsp3) is 0.200. The van der Waals surface area contributed by atoms with Gasteiger partial charge in [0.1, 0.15) is 0 Å². The van der Waals surface area contributed by atoms with Gasteiger partial charge in [0.15, 0.2) is 0 Å². The van der Waals surface area contributed by atoms with Gasteiger partial charge in [0.05, 0.1) is 0 Å². The fourth-order valence-corrected chi connectivity index (χ4v) is 2.94. The average molecular weight is 230 g/mol. The quantitative estimate of drug-likeness (QED) is 0.688. The molecule has 0 unspecified atom stereocenters. The maximum Gasteiger partial charge on any atom is 0.264 e. The molecule has 0 fully saturated rings. The minimum Gasteiger partial charge on any atom is -0.205 e. The van der Waals surface area contributed by atoms with Gasteiger partial charge in [0.25, 0.3) is 6.43 Å². The summed E-state index contributed by atoms with van der Waals surface area (Å²) in [4.78, 5) is 0.782. The topological polar surface area (TPSA) is 0 Å². The summed E-state index contributed by atoms with van der Waals surface area (Å²) >= 11 is 5.78. The molecule has 0 radical (unpaired) electrons. The van der Waals surface area contributed by atoms with Crippen LogP contribution in [0.2, 0.25) is 0 Å². The molecule has 0 aliphatic heterocycles. The summed E-state index contributed by atoms with van der Waals surface area (Å²) in [6, 6.07) is 3.22. The Kier molecular flexibility index (Phi) is 2.49. The van der Waals surface area contributed by atoms with Gasteiger partial charge >= 0.3 is 0 Å². The fourth-order valence-electron chi connectivity index (χ4n) is 1.53. The van der Waals surface area contributed by atoms with Crippen molar-refractivity contribution >= 4 is 34.1 Å². The van der Waals surface area contributed by atoms with Crippen LogP contribution in [0.5, 0.6) is 0 Å². The van der Waals surface area contributed by atoms with E-state index in [-0.39, 0.29) is 5.56 Å². The van der Waals surface area contributed by atoms with Gasteiger partial charge in [0.2, 0.25) is 0 Å². The third kappa shape index (κ3) is 1.42. The van der Waals surface area contributed by atoms with Crippen LogP contribution < -0.4 is 0 Å². The highest BCUT2D eigenvalue weighted by Crippen LogP contribution is 2.35. The van der Waals surface area contributed by atoms with Crippen LogP contribution in [0.4, 0.5) is 8.78 Å². The molecule has 0 amide bonds. The van der Waals surface area contributed by atoms with Gasteiger partial charge in [-0.2, -0.15) is 0 Å². The summed E-state index contributed by atoms with van der Waals surface area (Å²) < 4.78 is 26.2. The molecule has 2 aromatic rings. The molecule has 0 saturated carbocycles. The Balaban J connectivity index is 2.79. The first-order valence-corrected chi connectivity index (χ1v) is 5.41. The Morgan fingerprint density at radius 3 is 2.71 bits per heavy atom. The summed E-state index contributed by atoms with van der Waals surface area (Å²) in [5, 5.41) is 2.73. The van der Waals surface area contributed by atoms with Gasteiger partial charge < -0.3 is 0 Å². The van der Waals surface area contributed by atoms with Crippen molar-refractivity contribution in [3.63, 3.8) is 0 Å². The molecule has 0 aliphatic carbocycles. The first-order chi connectivity index (χ1) is 6.61. The Morgan fingerprint density at radius 2 is 2.07 bits per heavy atom. The number of halogens is 2. The number of thiophene rings is 1.